The van der Waals surface area contributed by atoms with Crippen LogP contribution in [0.1, 0.15) is 10.4 Å². The first-order valence-corrected chi connectivity index (χ1v) is 2.83. The van der Waals surface area contributed by atoms with Crippen LogP contribution < -0.4 is 11.3 Å². The molecule has 0 saturated carbocycles. The quantitative estimate of drug-likeness (QED) is 0.493. The summed E-state index contributed by atoms with van der Waals surface area (Å²) in [5, 5.41) is 8.94. The molecule has 0 aromatic carbocycles. The SMILES string of the molecule is NC(=O)c1c(O)cc[nH]c1=O. The van der Waals surface area contributed by atoms with Crippen LogP contribution in [0.4, 0.5) is 0 Å². The second kappa shape index (κ2) is 2.45. The van der Waals surface area contributed by atoms with Gasteiger partial charge >= 0.3 is 0 Å². The largest absolute Gasteiger partial charge is 0.507 e. The Balaban J connectivity index is 3.45. The predicted molar refractivity (Wildman–Crippen MR) is 37.2 cm³/mol. The molecule has 5 heteroatoms. The van der Waals surface area contributed by atoms with E-state index in [1.54, 1.807) is 0 Å². The molecule has 11 heavy (non-hydrogen) atoms. The topological polar surface area (TPSA) is 96.2 Å². The molecule has 0 saturated heterocycles. The van der Waals surface area contributed by atoms with Gasteiger partial charge in [0.2, 0.25) is 0 Å². The van der Waals surface area contributed by atoms with Crippen molar-refractivity contribution in [2.24, 2.45) is 5.73 Å². The number of hydrogen-bond donors (Lipinski definition) is 3. The van der Waals surface area contributed by atoms with Crippen LogP contribution in [-0.4, -0.2) is 16.0 Å². The van der Waals surface area contributed by atoms with Gasteiger partial charge in [0.1, 0.15) is 11.3 Å². The van der Waals surface area contributed by atoms with Gasteiger partial charge in [-0.15, -0.1) is 0 Å². The predicted octanol–water partition coefficient (Wildman–Crippen LogP) is -0.821. The number of nitrogens with one attached hydrogen (secondary N) is 1. The Labute approximate surface area is 61.5 Å². The Hall–Kier alpha value is -1.78. The van der Waals surface area contributed by atoms with Crippen molar-refractivity contribution in [3.05, 3.63) is 28.2 Å². The summed E-state index contributed by atoms with van der Waals surface area (Å²) in [4.78, 5) is 23.5. The normalized spacial score (nSPS) is 9.45. The van der Waals surface area contributed by atoms with E-state index >= 15 is 0 Å². The standard InChI is InChI=1S/C6H6N2O3/c7-5(10)4-3(9)1-2-8-6(4)11/h1-2H,(H2,7,10)(H2,8,9,11). The first-order chi connectivity index (χ1) is 5.13. The van der Waals surface area contributed by atoms with Crippen molar-refractivity contribution in [2.45, 2.75) is 0 Å². The Kier molecular flexibility index (Phi) is 1.63. The minimum atomic E-state index is -0.940. The first kappa shape index (κ1) is 7.33. The van der Waals surface area contributed by atoms with E-state index < -0.39 is 22.8 Å². The van der Waals surface area contributed by atoms with Crippen molar-refractivity contribution < 1.29 is 9.90 Å². The lowest BCUT2D eigenvalue weighted by Gasteiger charge is -1.95. The van der Waals surface area contributed by atoms with Gasteiger partial charge in [-0.05, 0) is 6.07 Å². The summed E-state index contributed by atoms with van der Waals surface area (Å²) < 4.78 is 0. The number of carbonyl (C=O) groups is 1. The van der Waals surface area contributed by atoms with Gasteiger partial charge in [0, 0.05) is 6.20 Å². The maximum Gasteiger partial charge on any atom is 0.264 e. The first-order valence-electron chi connectivity index (χ1n) is 2.83. The zero-order valence-corrected chi connectivity index (χ0v) is 5.50. The summed E-state index contributed by atoms with van der Waals surface area (Å²) in [6.07, 6.45) is 1.23. The van der Waals surface area contributed by atoms with Crippen molar-refractivity contribution in [2.75, 3.05) is 0 Å². The average Bonchev–Trinajstić information content (AvgIpc) is 1.85. The van der Waals surface area contributed by atoms with Gasteiger partial charge in [0.25, 0.3) is 11.5 Å². The average molecular weight is 154 g/mol. The number of aromatic nitrogens is 1. The van der Waals surface area contributed by atoms with Gasteiger partial charge in [0.05, 0.1) is 0 Å². The Morgan fingerprint density at radius 1 is 1.64 bits per heavy atom. The van der Waals surface area contributed by atoms with E-state index in [9.17, 15) is 9.59 Å². The lowest BCUT2D eigenvalue weighted by Crippen LogP contribution is -2.22. The van der Waals surface area contributed by atoms with Crippen LogP contribution in [-0.2, 0) is 0 Å². The molecule has 58 valence electrons. The molecule has 4 N–H and O–H groups in total. The van der Waals surface area contributed by atoms with Crippen molar-refractivity contribution in [1.82, 2.24) is 4.98 Å². The number of rotatable bonds is 1. The summed E-state index contributed by atoms with van der Waals surface area (Å²) in [6.45, 7) is 0. The van der Waals surface area contributed by atoms with Crippen LogP contribution in [0.25, 0.3) is 0 Å². The molecular weight excluding hydrogens is 148 g/mol. The van der Waals surface area contributed by atoms with E-state index in [2.05, 4.69) is 4.98 Å². The third-order valence-corrected chi connectivity index (χ3v) is 1.19. The highest BCUT2D eigenvalue weighted by atomic mass is 16.3. The number of H-pyrrole nitrogens is 1. The van der Waals surface area contributed by atoms with E-state index in [0.717, 1.165) is 0 Å². The maximum absolute atomic E-state index is 10.8. The summed E-state index contributed by atoms with van der Waals surface area (Å²) in [5.74, 6) is -1.34. The van der Waals surface area contributed by atoms with Crippen LogP contribution >= 0.6 is 0 Å². The van der Waals surface area contributed by atoms with Gasteiger partial charge in [0.15, 0.2) is 0 Å². The number of aromatic hydroxyl groups is 1. The highest BCUT2D eigenvalue weighted by Crippen LogP contribution is 2.08. The molecule has 1 amide bonds. The summed E-state index contributed by atoms with van der Waals surface area (Å²) >= 11 is 0. The molecule has 0 unspecified atom stereocenters. The second-order valence-corrected chi connectivity index (χ2v) is 1.93. The molecule has 0 atom stereocenters. The number of pyridine rings is 1. The van der Waals surface area contributed by atoms with Gasteiger partial charge in [-0.2, -0.15) is 0 Å². The molecule has 1 aromatic rings. The van der Waals surface area contributed by atoms with Crippen LogP contribution in [0, 0.1) is 0 Å². The Morgan fingerprint density at radius 3 is 2.64 bits per heavy atom. The minimum absolute atomic E-state index is 0.402. The van der Waals surface area contributed by atoms with Crippen molar-refractivity contribution >= 4 is 5.91 Å². The third-order valence-electron chi connectivity index (χ3n) is 1.19. The molecule has 5 nitrogen and oxygen atoms in total. The molecule has 0 radical (unpaired) electrons. The lowest BCUT2D eigenvalue weighted by molar-refractivity contribution is 0.0996. The summed E-state index contributed by atoms with van der Waals surface area (Å²) in [7, 11) is 0. The number of aromatic amines is 1. The molecule has 1 heterocycles. The fraction of sp³-hybridized carbons (Fsp3) is 0. The molecule has 1 rings (SSSR count). The molecule has 0 bridgehead atoms. The molecule has 0 fully saturated rings. The maximum atomic E-state index is 10.8. The van der Waals surface area contributed by atoms with Gasteiger partial charge in [-0.3, -0.25) is 9.59 Å². The summed E-state index contributed by atoms with van der Waals surface area (Å²) in [6, 6.07) is 1.18. The molecule has 1 aromatic heterocycles. The molecule has 0 aliphatic rings. The monoisotopic (exact) mass is 154 g/mol. The molecule has 0 spiro atoms. The molecule has 0 aliphatic carbocycles. The highest BCUT2D eigenvalue weighted by Gasteiger charge is 2.10. The van der Waals surface area contributed by atoms with E-state index in [1.165, 1.54) is 12.3 Å². The second-order valence-electron chi connectivity index (χ2n) is 1.93. The van der Waals surface area contributed by atoms with E-state index in [1.807, 2.05) is 0 Å². The number of carbonyl (C=O) groups excluding carboxylic acids is 1. The van der Waals surface area contributed by atoms with E-state index in [4.69, 9.17) is 10.8 Å². The van der Waals surface area contributed by atoms with Crippen molar-refractivity contribution in [3.8, 4) is 5.75 Å². The number of primary amides is 1. The fourth-order valence-electron chi connectivity index (χ4n) is 0.706. The fourth-order valence-corrected chi connectivity index (χ4v) is 0.706. The smallest absolute Gasteiger partial charge is 0.264 e. The minimum Gasteiger partial charge on any atom is -0.507 e. The summed E-state index contributed by atoms with van der Waals surface area (Å²) in [5.41, 5.74) is 3.70. The Bertz CT molecular complexity index is 342. The van der Waals surface area contributed by atoms with Crippen molar-refractivity contribution in [3.63, 3.8) is 0 Å². The Morgan fingerprint density at radius 2 is 2.27 bits per heavy atom. The molecular formula is C6H6N2O3. The van der Waals surface area contributed by atoms with E-state index in [-0.39, 0.29) is 0 Å². The van der Waals surface area contributed by atoms with Crippen LogP contribution in [0.2, 0.25) is 0 Å². The van der Waals surface area contributed by atoms with Crippen LogP contribution in [0.15, 0.2) is 17.1 Å². The zero-order valence-electron chi connectivity index (χ0n) is 5.50. The number of hydrogen-bond acceptors (Lipinski definition) is 3. The van der Waals surface area contributed by atoms with Gasteiger partial charge in [-0.1, -0.05) is 0 Å². The zero-order chi connectivity index (χ0) is 8.43. The highest BCUT2D eigenvalue weighted by molar-refractivity contribution is 5.94. The molecule has 0 aliphatic heterocycles. The third kappa shape index (κ3) is 1.21. The number of nitrogens with two attached hydrogens (primary N) is 1. The lowest BCUT2D eigenvalue weighted by atomic mass is 10.2. The van der Waals surface area contributed by atoms with Crippen molar-refractivity contribution in [1.29, 1.82) is 0 Å². The van der Waals surface area contributed by atoms with Crippen LogP contribution in [0.3, 0.4) is 0 Å². The number of amides is 1. The van der Waals surface area contributed by atoms with Gasteiger partial charge in [-0.25, -0.2) is 0 Å². The van der Waals surface area contributed by atoms with Crippen LogP contribution in [0.5, 0.6) is 5.75 Å². The van der Waals surface area contributed by atoms with E-state index in [0.29, 0.717) is 0 Å². The van der Waals surface area contributed by atoms with Gasteiger partial charge < -0.3 is 15.8 Å².